The predicted octanol–water partition coefficient (Wildman–Crippen LogP) is 3.80. The third kappa shape index (κ3) is 1.93. The second-order valence-electron chi connectivity index (χ2n) is 3.99. The second-order valence-corrected chi connectivity index (χ2v) is 6.05. The summed E-state index contributed by atoms with van der Waals surface area (Å²) in [6.07, 6.45) is 3.14. The molecule has 0 unspecified atom stereocenters. The van der Waals surface area contributed by atoms with Crippen molar-refractivity contribution in [2.24, 2.45) is 0 Å². The second kappa shape index (κ2) is 4.17. The van der Waals surface area contributed by atoms with Gasteiger partial charge in [0.15, 0.2) is 0 Å². The van der Waals surface area contributed by atoms with Gasteiger partial charge < -0.3 is 0 Å². The fourth-order valence-electron chi connectivity index (χ4n) is 2.23. The molecule has 0 atom stereocenters. The van der Waals surface area contributed by atoms with Crippen LogP contribution in [0.5, 0.6) is 0 Å². The molecule has 17 heavy (non-hydrogen) atoms. The Morgan fingerprint density at radius 3 is 2.88 bits per heavy atom. The van der Waals surface area contributed by atoms with Crippen LogP contribution in [0.3, 0.4) is 0 Å². The number of thioether (sulfide) groups is 1. The summed E-state index contributed by atoms with van der Waals surface area (Å²) in [6, 6.07) is 0. The molecule has 2 aromatic rings. The molecular formula is C11H10F2N2S2. The molecule has 6 heteroatoms. The molecule has 1 aliphatic carbocycles. The quantitative estimate of drug-likeness (QED) is 0.614. The first kappa shape index (κ1) is 11.3. The van der Waals surface area contributed by atoms with E-state index in [0.717, 1.165) is 29.5 Å². The van der Waals surface area contributed by atoms with E-state index in [9.17, 15) is 8.78 Å². The summed E-state index contributed by atoms with van der Waals surface area (Å²) in [6.45, 7) is 1.75. The molecule has 0 saturated heterocycles. The van der Waals surface area contributed by atoms with Crippen LogP contribution in [0.4, 0.5) is 8.78 Å². The number of thiophene rings is 1. The Labute approximate surface area is 105 Å². The monoisotopic (exact) mass is 272 g/mol. The lowest BCUT2D eigenvalue weighted by molar-refractivity contribution is 0.252. The van der Waals surface area contributed by atoms with E-state index in [0.29, 0.717) is 22.6 Å². The van der Waals surface area contributed by atoms with E-state index in [2.05, 4.69) is 9.97 Å². The Balaban J connectivity index is 2.24. The van der Waals surface area contributed by atoms with Crippen molar-refractivity contribution >= 4 is 33.3 Å². The van der Waals surface area contributed by atoms with Gasteiger partial charge in [0, 0.05) is 10.3 Å². The molecule has 0 radical (unpaired) electrons. The van der Waals surface area contributed by atoms with Crippen LogP contribution in [0.25, 0.3) is 10.2 Å². The number of hydrogen-bond acceptors (Lipinski definition) is 4. The van der Waals surface area contributed by atoms with Crippen molar-refractivity contribution in [3.05, 3.63) is 16.3 Å². The minimum atomic E-state index is -2.43. The summed E-state index contributed by atoms with van der Waals surface area (Å²) in [5, 5.41) is 1.32. The molecule has 2 nitrogen and oxygen atoms in total. The highest BCUT2D eigenvalue weighted by Gasteiger charge is 2.23. The van der Waals surface area contributed by atoms with Crippen LogP contribution in [-0.4, -0.2) is 15.7 Å². The van der Waals surface area contributed by atoms with E-state index in [1.165, 1.54) is 10.4 Å². The van der Waals surface area contributed by atoms with Crippen LogP contribution < -0.4 is 0 Å². The first-order valence-electron chi connectivity index (χ1n) is 5.39. The fraction of sp³-hybridized carbons (Fsp3) is 0.455. The molecule has 90 valence electrons. The highest BCUT2D eigenvalue weighted by molar-refractivity contribution is 7.99. The van der Waals surface area contributed by atoms with E-state index in [4.69, 9.17) is 0 Å². The van der Waals surface area contributed by atoms with Crippen LogP contribution in [0.1, 0.15) is 22.7 Å². The summed E-state index contributed by atoms with van der Waals surface area (Å²) in [7, 11) is 0. The van der Waals surface area contributed by atoms with Gasteiger partial charge in [-0.25, -0.2) is 9.97 Å². The normalized spacial score (nSPS) is 14.8. The molecule has 0 N–H and O–H groups in total. The van der Waals surface area contributed by atoms with Gasteiger partial charge >= 0.3 is 0 Å². The standard InChI is InChI=1S/C11H10F2N2S2/c1-5-14-9-8(10(15-5)17-11(12)13)6-3-2-4-7(6)16-9/h11H,2-4H2,1H3. The SMILES string of the molecule is Cc1nc(SC(F)F)c2c3c(sc2n1)CCC3. The van der Waals surface area contributed by atoms with Gasteiger partial charge in [-0.1, -0.05) is 0 Å². The van der Waals surface area contributed by atoms with E-state index in [1.807, 2.05) is 0 Å². The van der Waals surface area contributed by atoms with Gasteiger partial charge in [-0.15, -0.1) is 11.3 Å². The maximum absolute atomic E-state index is 12.5. The van der Waals surface area contributed by atoms with Crippen molar-refractivity contribution < 1.29 is 8.78 Å². The Hall–Kier alpha value is -0.750. The number of aryl methyl sites for hydroxylation is 3. The van der Waals surface area contributed by atoms with Crippen LogP contribution in [0, 0.1) is 6.92 Å². The Morgan fingerprint density at radius 1 is 1.29 bits per heavy atom. The Morgan fingerprint density at radius 2 is 2.12 bits per heavy atom. The zero-order valence-electron chi connectivity index (χ0n) is 9.17. The highest BCUT2D eigenvalue weighted by atomic mass is 32.2. The zero-order valence-corrected chi connectivity index (χ0v) is 10.8. The lowest BCUT2D eigenvalue weighted by Gasteiger charge is -2.04. The summed E-state index contributed by atoms with van der Waals surface area (Å²) in [4.78, 5) is 10.7. The molecular weight excluding hydrogens is 262 g/mol. The number of halogens is 2. The Bertz CT molecular complexity index is 580. The first-order valence-corrected chi connectivity index (χ1v) is 7.08. The van der Waals surface area contributed by atoms with Crippen molar-refractivity contribution in [2.45, 2.75) is 37.0 Å². The van der Waals surface area contributed by atoms with E-state index in [1.54, 1.807) is 18.3 Å². The number of fused-ring (bicyclic) bond motifs is 3. The average molecular weight is 272 g/mol. The maximum Gasteiger partial charge on any atom is 0.290 e. The summed E-state index contributed by atoms with van der Waals surface area (Å²) in [5.74, 6) is -1.86. The summed E-state index contributed by atoms with van der Waals surface area (Å²) >= 11 is 2.17. The molecule has 1 aliphatic rings. The van der Waals surface area contributed by atoms with Crippen LogP contribution in [-0.2, 0) is 12.8 Å². The van der Waals surface area contributed by atoms with E-state index < -0.39 is 5.76 Å². The smallest absolute Gasteiger partial charge is 0.226 e. The largest absolute Gasteiger partial charge is 0.290 e. The maximum atomic E-state index is 12.5. The lowest BCUT2D eigenvalue weighted by Crippen LogP contribution is -1.94. The summed E-state index contributed by atoms with van der Waals surface area (Å²) < 4.78 is 25.1. The van der Waals surface area contributed by atoms with Gasteiger partial charge in [0.2, 0.25) is 0 Å². The molecule has 3 rings (SSSR count). The molecule has 0 amide bonds. The van der Waals surface area contributed by atoms with Gasteiger partial charge in [-0.2, -0.15) is 8.78 Å². The van der Waals surface area contributed by atoms with Crippen molar-refractivity contribution in [1.82, 2.24) is 9.97 Å². The molecule has 0 aliphatic heterocycles. The van der Waals surface area contributed by atoms with Crippen LogP contribution in [0.2, 0.25) is 0 Å². The summed E-state index contributed by atoms with van der Waals surface area (Å²) in [5.41, 5.74) is 1.20. The predicted molar refractivity (Wildman–Crippen MR) is 66.0 cm³/mol. The van der Waals surface area contributed by atoms with Crippen LogP contribution >= 0.6 is 23.1 Å². The topological polar surface area (TPSA) is 25.8 Å². The highest BCUT2D eigenvalue weighted by Crippen LogP contribution is 2.41. The van der Waals surface area contributed by atoms with Crippen molar-refractivity contribution in [3.8, 4) is 0 Å². The minimum absolute atomic E-state index is 0.446. The zero-order chi connectivity index (χ0) is 12.0. The molecule has 0 saturated carbocycles. The number of rotatable bonds is 2. The molecule has 2 aromatic heterocycles. The fourth-order valence-corrected chi connectivity index (χ4v) is 4.30. The molecule has 0 fully saturated rings. The number of aromatic nitrogens is 2. The van der Waals surface area contributed by atoms with Gasteiger partial charge in [0.25, 0.3) is 5.76 Å². The van der Waals surface area contributed by atoms with Crippen LogP contribution in [0.15, 0.2) is 5.03 Å². The number of hydrogen-bond donors (Lipinski definition) is 0. The van der Waals surface area contributed by atoms with Crippen molar-refractivity contribution in [3.63, 3.8) is 0 Å². The number of alkyl halides is 2. The van der Waals surface area contributed by atoms with E-state index in [-0.39, 0.29) is 0 Å². The third-order valence-electron chi connectivity index (χ3n) is 2.84. The van der Waals surface area contributed by atoms with Gasteiger partial charge in [-0.3, -0.25) is 0 Å². The molecule has 0 bridgehead atoms. The average Bonchev–Trinajstić information content (AvgIpc) is 2.74. The van der Waals surface area contributed by atoms with Gasteiger partial charge in [0.05, 0.1) is 0 Å². The van der Waals surface area contributed by atoms with Gasteiger partial charge in [0.1, 0.15) is 15.7 Å². The van der Waals surface area contributed by atoms with Crippen molar-refractivity contribution in [1.29, 1.82) is 0 Å². The van der Waals surface area contributed by atoms with E-state index >= 15 is 0 Å². The molecule has 2 heterocycles. The molecule has 0 aromatic carbocycles. The third-order valence-corrected chi connectivity index (χ3v) is 4.73. The minimum Gasteiger partial charge on any atom is -0.226 e. The van der Waals surface area contributed by atoms with Gasteiger partial charge in [-0.05, 0) is 43.5 Å². The first-order chi connectivity index (χ1) is 8.15. The molecule has 0 spiro atoms. The number of nitrogens with zero attached hydrogens (tertiary/aromatic N) is 2. The van der Waals surface area contributed by atoms with Crippen molar-refractivity contribution in [2.75, 3.05) is 0 Å². The Kier molecular flexibility index (Phi) is 2.78. The lowest BCUT2D eigenvalue weighted by atomic mass is 10.2.